The molecule has 0 bridgehead atoms. The summed E-state index contributed by atoms with van der Waals surface area (Å²) in [4.78, 5) is 10.8. The number of nitrogens with one attached hydrogen (secondary N) is 1. The minimum atomic E-state index is -0.837. The van der Waals surface area contributed by atoms with E-state index in [1.807, 2.05) is 24.3 Å². The summed E-state index contributed by atoms with van der Waals surface area (Å²) in [5, 5.41) is 11.6. The van der Waals surface area contributed by atoms with Crippen molar-refractivity contribution < 1.29 is 9.90 Å². The van der Waals surface area contributed by atoms with Gasteiger partial charge in [0.15, 0.2) is 0 Å². The summed E-state index contributed by atoms with van der Waals surface area (Å²) in [7, 11) is 1.64. The van der Waals surface area contributed by atoms with E-state index in [9.17, 15) is 4.79 Å². The number of rotatable bonds is 5. The van der Waals surface area contributed by atoms with Crippen molar-refractivity contribution in [1.29, 1.82) is 0 Å². The highest BCUT2D eigenvalue weighted by molar-refractivity contribution is 5.73. The lowest BCUT2D eigenvalue weighted by Gasteiger charge is -2.11. The lowest BCUT2D eigenvalue weighted by molar-refractivity contribution is -0.139. The van der Waals surface area contributed by atoms with E-state index in [1.165, 1.54) is 0 Å². The molecule has 15 heavy (non-hydrogen) atoms. The molecule has 0 spiro atoms. The SMILES string of the molecule is CNC(Cc1cccc(CN)c1)C(=O)O. The molecule has 82 valence electrons. The fourth-order valence-corrected chi connectivity index (χ4v) is 1.43. The minimum absolute atomic E-state index is 0.472. The van der Waals surface area contributed by atoms with Gasteiger partial charge in [-0.1, -0.05) is 24.3 Å². The zero-order valence-corrected chi connectivity index (χ0v) is 8.73. The van der Waals surface area contributed by atoms with Gasteiger partial charge < -0.3 is 16.2 Å². The summed E-state index contributed by atoms with van der Waals surface area (Å²) in [6, 6.07) is 7.13. The molecule has 1 rings (SSSR count). The highest BCUT2D eigenvalue weighted by Gasteiger charge is 2.14. The van der Waals surface area contributed by atoms with Crippen LogP contribution >= 0.6 is 0 Å². The zero-order valence-electron chi connectivity index (χ0n) is 8.73. The maximum absolute atomic E-state index is 10.8. The number of hydrogen-bond acceptors (Lipinski definition) is 3. The second-order valence-corrected chi connectivity index (χ2v) is 3.41. The molecule has 1 atom stereocenters. The lowest BCUT2D eigenvalue weighted by atomic mass is 10.0. The number of carbonyl (C=O) groups is 1. The summed E-state index contributed by atoms with van der Waals surface area (Å²) in [6.07, 6.45) is 0.472. The fourth-order valence-electron chi connectivity index (χ4n) is 1.43. The molecule has 0 aliphatic rings. The van der Waals surface area contributed by atoms with Crippen LogP contribution in [0.4, 0.5) is 0 Å². The van der Waals surface area contributed by atoms with Gasteiger partial charge in [0.1, 0.15) is 6.04 Å². The summed E-state index contributed by atoms with van der Waals surface area (Å²) >= 11 is 0. The summed E-state index contributed by atoms with van der Waals surface area (Å²) < 4.78 is 0. The van der Waals surface area contributed by atoms with E-state index in [-0.39, 0.29) is 0 Å². The van der Waals surface area contributed by atoms with Crippen LogP contribution in [0.5, 0.6) is 0 Å². The van der Waals surface area contributed by atoms with Crippen LogP contribution < -0.4 is 11.1 Å². The second-order valence-electron chi connectivity index (χ2n) is 3.41. The Morgan fingerprint density at radius 3 is 2.73 bits per heavy atom. The Hall–Kier alpha value is -1.39. The lowest BCUT2D eigenvalue weighted by Crippen LogP contribution is -2.35. The van der Waals surface area contributed by atoms with Crippen LogP contribution in [0, 0.1) is 0 Å². The molecule has 0 amide bonds. The first-order chi connectivity index (χ1) is 7.17. The van der Waals surface area contributed by atoms with Gasteiger partial charge in [0.05, 0.1) is 0 Å². The van der Waals surface area contributed by atoms with Crippen molar-refractivity contribution in [3.05, 3.63) is 35.4 Å². The number of carboxylic acids is 1. The van der Waals surface area contributed by atoms with Crippen molar-refractivity contribution in [2.75, 3.05) is 7.05 Å². The molecule has 0 aromatic heterocycles. The van der Waals surface area contributed by atoms with E-state index < -0.39 is 12.0 Å². The average Bonchev–Trinajstić information content (AvgIpc) is 2.25. The topological polar surface area (TPSA) is 75.3 Å². The maximum Gasteiger partial charge on any atom is 0.321 e. The van der Waals surface area contributed by atoms with Crippen molar-refractivity contribution >= 4 is 5.97 Å². The summed E-state index contributed by atoms with van der Waals surface area (Å²) in [6.45, 7) is 0.477. The van der Waals surface area contributed by atoms with Gasteiger partial charge in [-0.15, -0.1) is 0 Å². The minimum Gasteiger partial charge on any atom is -0.480 e. The molecule has 0 radical (unpaired) electrons. The predicted octanol–water partition coefficient (Wildman–Crippen LogP) is 0.360. The molecule has 1 aromatic carbocycles. The number of carboxylic acid groups (broad SMARTS) is 1. The Kier molecular flexibility index (Phi) is 4.27. The first-order valence-electron chi connectivity index (χ1n) is 4.85. The third-order valence-electron chi connectivity index (χ3n) is 2.31. The van der Waals surface area contributed by atoms with E-state index in [4.69, 9.17) is 10.8 Å². The highest BCUT2D eigenvalue weighted by atomic mass is 16.4. The van der Waals surface area contributed by atoms with Gasteiger partial charge in [-0.05, 0) is 24.6 Å². The quantitative estimate of drug-likeness (QED) is 0.653. The Balaban J connectivity index is 2.74. The molecule has 4 heteroatoms. The van der Waals surface area contributed by atoms with Crippen LogP contribution in [0.15, 0.2) is 24.3 Å². The van der Waals surface area contributed by atoms with Crippen LogP contribution in [-0.4, -0.2) is 24.2 Å². The van der Waals surface area contributed by atoms with Gasteiger partial charge >= 0.3 is 5.97 Å². The molecule has 1 aromatic rings. The van der Waals surface area contributed by atoms with Crippen molar-refractivity contribution in [3.63, 3.8) is 0 Å². The van der Waals surface area contributed by atoms with Crippen molar-refractivity contribution in [1.82, 2.24) is 5.32 Å². The highest BCUT2D eigenvalue weighted by Crippen LogP contribution is 2.07. The largest absolute Gasteiger partial charge is 0.480 e. The number of likely N-dealkylation sites (N-methyl/N-ethyl adjacent to an activating group) is 1. The molecule has 0 heterocycles. The number of nitrogens with two attached hydrogens (primary N) is 1. The van der Waals surface area contributed by atoms with Crippen LogP contribution in [0.25, 0.3) is 0 Å². The molecule has 4 N–H and O–H groups in total. The average molecular weight is 208 g/mol. The monoisotopic (exact) mass is 208 g/mol. The fraction of sp³-hybridized carbons (Fsp3) is 0.364. The molecule has 0 aliphatic heterocycles. The normalized spacial score (nSPS) is 12.4. The van der Waals surface area contributed by atoms with Gasteiger partial charge in [0.2, 0.25) is 0 Å². The second kappa shape index (κ2) is 5.48. The Labute approximate surface area is 89.1 Å². The van der Waals surface area contributed by atoms with Crippen LogP contribution in [0.3, 0.4) is 0 Å². The van der Waals surface area contributed by atoms with Gasteiger partial charge in [-0.2, -0.15) is 0 Å². The zero-order chi connectivity index (χ0) is 11.3. The smallest absolute Gasteiger partial charge is 0.321 e. The van der Waals surface area contributed by atoms with E-state index in [2.05, 4.69) is 5.32 Å². The molecule has 0 aliphatic carbocycles. The summed E-state index contributed by atoms with van der Waals surface area (Å²) in [5.41, 5.74) is 7.52. The van der Waals surface area contributed by atoms with Crippen molar-refractivity contribution in [2.24, 2.45) is 5.73 Å². The Morgan fingerprint density at radius 1 is 1.53 bits per heavy atom. The molecule has 4 nitrogen and oxygen atoms in total. The van der Waals surface area contributed by atoms with E-state index in [1.54, 1.807) is 7.05 Å². The van der Waals surface area contributed by atoms with Crippen LogP contribution in [0.2, 0.25) is 0 Å². The number of aliphatic carboxylic acids is 1. The molecule has 0 fully saturated rings. The van der Waals surface area contributed by atoms with Gasteiger partial charge in [0.25, 0.3) is 0 Å². The van der Waals surface area contributed by atoms with Gasteiger partial charge in [-0.3, -0.25) is 4.79 Å². The van der Waals surface area contributed by atoms with Gasteiger partial charge in [-0.25, -0.2) is 0 Å². The van der Waals surface area contributed by atoms with Crippen LogP contribution in [-0.2, 0) is 17.8 Å². The third kappa shape index (κ3) is 3.34. The third-order valence-corrected chi connectivity index (χ3v) is 2.31. The molecule has 0 saturated heterocycles. The Bertz CT molecular complexity index is 339. The van der Waals surface area contributed by atoms with E-state index >= 15 is 0 Å². The van der Waals surface area contributed by atoms with Crippen molar-refractivity contribution in [2.45, 2.75) is 19.0 Å². The summed E-state index contributed by atoms with van der Waals surface area (Å²) in [5.74, 6) is -0.837. The number of benzene rings is 1. The molecule has 0 saturated carbocycles. The Morgan fingerprint density at radius 2 is 2.20 bits per heavy atom. The molecular weight excluding hydrogens is 192 g/mol. The van der Waals surface area contributed by atoms with E-state index in [0.717, 1.165) is 11.1 Å². The first-order valence-corrected chi connectivity index (χ1v) is 4.85. The standard InChI is InChI=1S/C11H16N2O2/c1-13-10(11(14)15)6-8-3-2-4-9(5-8)7-12/h2-5,10,13H,6-7,12H2,1H3,(H,14,15). The predicted molar refractivity (Wildman–Crippen MR) is 58.5 cm³/mol. The molecular formula is C11H16N2O2. The maximum atomic E-state index is 10.8. The van der Waals surface area contributed by atoms with Gasteiger partial charge in [0, 0.05) is 6.54 Å². The van der Waals surface area contributed by atoms with Crippen LogP contribution in [0.1, 0.15) is 11.1 Å². The van der Waals surface area contributed by atoms with E-state index in [0.29, 0.717) is 13.0 Å². The first kappa shape index (κ1) is 11.7. The number of hydrogen-bond donors (Lipinski definition) is 3. The van der Waals surface area contributed by atoms with Crippen molar-refractivity contribution in [3.8, 4) is 0 Å². The molecule has 1 unspecified atom stereocenters.